The van der Waals surface area contributed by atoms with Crippen molar-refractivity contribution in [3.63, 3.8) is 0 Å². The molecule has 2 aromatic rings. The first-order chi connectivity index (χ1) is 8.88. The molecule has 1 aromatic heterocycles. The first kappa shape index (κ1) is 10.7. The summed E-state index contributed by atoms with van der Waals surface area (Å²) in [6.07, 6.45) is 2.54. The molecule has 18 heavy (non-hydrogen) atoms. The van der Waals surface area contributed by atoms with Crippen LogP contribution in [0.1, 0.15) is 16.7 Å². The van der Waals surface area contributed by atoms with Gasteiger partial charge in [-0.15, -0.1) is 5.10 Å². The highest BCUT2D eigenvalue weighted by Gasteiger charge is 2.19. The van der Waals surface area contributed by atoms with Crippen LogP contribution in [0.4, 0.5) is 5.82 Å². The third-order valence-corrected chi connectivity index (χ3v) is 3.25. The van der Waals surface area contributed by atoms with Crippen molar-refractivity contribution in [2.75, 3.05) is 11.4 Å². The highest BCUT2D eigenvalue weighted by molar-refractivity contribution is 5.54. The molecule has 0 atom stereocenters. The van der Waals surface area contributed by atoms with E-state index in [1.54, 1.807) is 12.3 Å². The van der Waals surface area contributed by atoms with Crippen molar-refractivity contribution in [1.82, 2.24) is 10.2 Å². The van der Waals surface area contributed by atoms with Crippen molar-refractivity contribution >= 4 is 5.82 Å². The quantitative estimate of drug-likeness (QED) is 0.759. The Balaban J connectivity index is 1.95. The molecule has 0 radical (unpaired) electrons. The summed E-state index contributed by atoms with van der Waals surface area (Å²) in [4.78, 5) is 2.12. The molecule has 0 N–H and O–H groups in total. The zero-order valence-electron chi connectivity index (χ0n) is 9.87. The van der Waals surface area contributed by atoms with Crippen LogP contribution in [0.3, 0.4) is 0 Å². The SMILES string of the molecule is N#Cc1ccnnc1N1CCc2ccccc2C1. The molecule has 1 aliphatic rings. The van der Waals surface area contributed by atoms with Crippen LogP contribution in [0.15, 0.2) is 36.5 Å². The van der Waals surface area contributed by atoms with Crippen molar-refractivity contribution in [3.05, 3.63) is 53.2 Å². The molecular formula is C14H12N4. The minimum Gasteiger partial charge on any atom is -0.349 e. The Hall–Kier alpha value is -2.41. The first-order valence-corrected chi connectivity index (χ1v) is 5.92. The normalized spacial score (nSPS) is 13.8. The summed E-state index contributed by atoms with van der Waals surface area (Å²) < 4.78 is 0. The monoisotopic (exact) mass is 236 g/mol. The molecule has 88 valence electrons. The summed E-state index contributed by atoms with van der Waals surface area (Å²) in [5.41, 5.74) is 3.28. The third kappa shape index (κ3) is 1.80. The van der Waals surface area contributed by atoms with Gasteiger partial charge in [-0.3, -0.25) is 0 Å². The van der Waals surface area contributed by atoms with Crippen LogP contribution in [-0.2, 0) is 13.0 Å². The summed E-state index contributed by atoms with van der Waals surface area (Å²) in [6.45, 7) is 1.67. The molecule has 0 amide bonds. The maximum atomic E-state index is 9.10. The van der Waals surface area contributed by atoms with Gasteiger partial charge in [0.25, 0.3) is 0 Å². The summed E-state index contributed by atoms with van der Waals surface area (Å²) in [6, 6.07) is 12.3. The van der Waals surface area contributed by atoms with E-state index < -0.39 is 0 Å². The maximum absolute atomic E-state index is 9.10. The Bertz CT molecular complexity index is 615. The van der Waals surface area contributed by atoms with Crippen LogP contribution in [0.5, 0.6) is 0 Å². The summed E-state index contributed by atoms with van der Waals surface area (Å²) in [5.74, 6) is 0.689. The van der Waals surface area contributed by atoms with Gasteiger partial charge in [-0.05, 0) is 23.6 Å². The molecule has 0 fully saturated rings. The van der Waals surface area contributed by atoms with Crippen molar-refractivity contribution < 1.29 is 0 Å². The van der Waals surface area contributed by atoms with Crippen molar-refractivity contribution in [2.24, 2.45) is 0 Å². The Kier molecular flexibility index (Phi) is 2.66. The third-order valence-electron chi connectivity index (χ3n) is 3.25. The second kappa shape index (κ2) is 4.46. The zero-order valence-corrected chi connectivity index (χ0v) is 9.87. The van der Waals surface area contributed by atoms with Gasteiger partial charge in [0.2, 0.25) is 0 Å². The van der Waals surface area contributed by atoms with E-state index in [1.165, 1.54) is 11.1 Å². The van der Waals surface area contributed by atoms with Gasteiger partial charge < -0.3 is 4.90 Å². The topological polar surface area (TPSA) is 52.8 Å². The summed E-state index contributed by atoms with van der Waals surface area (Å²) >= 11 is 0. The van der Waals surface area contributed by atoms with Gasteiger partial charge in [0.05, 0.1) is 11.8 Å². The van der Waals surface area contributed by atoms with Crippen molar-refractivity contribution in [3.8, 4) is 6.07 Å². The van der Waals surface area contributed by atoms with E-state index in [0.29, 0.717) is 11.4 Å². The zero-order chi connectivity index (χ0) is 12.4. The fraction of sp³-hybridized carbons (Fsp3) is 0.214. The van der Waals surface area contributed by atoms with Crippen molar-refractivity contribution in [2.45, 2.75) is 13.0 Å². The van der Waals surface area contributed by atoms with E-state index in [9.17, 15) is 0 Å². The second-order valence-electron chi connectivity index (χ2n) is 4.32. The molecule has 3 rings (SSSR count). The lowest BCUT2D eigenvalue weighted by Gasteiger charge is -2.29. The number of aromatic nitrogens is 2. The Labute approximate surface area is 106 Å². The Morgan fingerprint density at radius 2 is 2.00 bits per heavy atom. The van der Waals surface area contributed by atoms with Crippen LogP contribution in [0.25, 0.3) is 0 Å². The van der Waals surface area contributed by atoms with E-state index in [2.05, 4.69) is 39.4 Å². The van der Waals surface area contributed by atoms with Crippen molar-refractivity contribution in [1.29, 1.82) is 5.26 Å². The molecule has 4 nitrogen and oxygen atoms in total. The highest BCUT2D eigenvalue weighted by Crippen LogP contribution is 2.24. The number of hydrogen-bond donors (Lipinski definition) is 0. The molecule has 0 bridgehead atoms. The van der Waals surface area contributed by atoms with Gasteiger partial charge in [0, 0.05) is 13.1 Å². The van der Waals surface area contributed by atoms with Crippen LogP contribution in [0, 0.1) is 11.3 Å². The standard InChI is InChI=1S/C14H12N4/c15-9-12-5-7-16-17-14(12)18-8-6-11-3-1-2-4-13(11)10-18/h1-5,7H,6,8,10H2. The van der Waals surface area contributed by atoms with Crippen LogP contribution in [0.2, 0.25) is 0 Å². The maximum Gasteiger partial charge on any atom is 0.169 e. The predicted molar refractivity (Wildman–Crippen MR) is 67.9 cm³/mol. The van der Waals surface area contributed by atoms with E-state index in [4.69, 9.17) is 5.26 Å². The predicted octanol–water partition coefficient (Wildman–Crippen LogP) is 1.91. The minimum absolute atomic E-state index is 0.587. The molecular weight excluding hydrogens is 224 g/mol. The van der Waals surface area contributed by atoms with Gasteiger partial charge in [-0.25, -0.2) is 0 Å². The Morgan fingerprint density at radius 3 is 2.83 bits per heavy atom. The molecule has 0 aliphatic carbocycles. The number of fused-ring (bicyclic) bond motifs is 1. The van der Waals surface area contributed by atoms with E-state index >= 15 is 0 Å². The van der Waals surface area contributed by atoms with Gasteiger partial charge >= 0.3 is 0 Å². The molecule has 0 saturated heterocycles. The fourth-order valence-electron chi connectivity index (χ4n) is 2.32. The van der Waals surface area contributed by atoms with E-state index in [1.807, 2.05) is 6.07 Å². The minimum atomic E-state index is 0.587. The lowest BCUT2D eigenvalue weighted by Crippen LogP contribution is -2.31. The molecule has 0 saturated carbocycles. The second-order valence-corrected chi connectivity index (χ2v) is 4.32. The fourth-order valence-corrected chi connectivity index (χ4v) is 2.32. The lowest BCUT2D eigenvalue weighted by atomic mass is 10.00. The van der Waals surface area contributed by atoms with Gasteiger partial charge in [-0.1, -0.05) is 24.3 Å². The summed E-state index contributed by atoms with van der Waals surface area (Å²) in [7, 11) is 0. The molecule has 0 unspecified atom stereocenters. The average molecular weight is 236 g/mol. The lowest BCUT2D eigenvalue weighted by molar-refractivity contribution is 0.711. The number of benzene rings is 1. The molecule has 1 aromatic carbocycles. The summed E-state index contributed by atoms with van der Waals surface area (Å²) in [5, 5.41) is 17.1. The van der Waals surface area contributed by atoms with Gasteiger partial charge in [-0.2, -0.15) is 10.4 Å². The molecule has 2 heterocycles. The van der Waals surface area contributed by atoms with Crippen LogP contribution in [-0.4, -0.2) is 16.7 Å². The molecule has 0 spiro atoms. The number of nitrogens with zero attached hydrogens (tertiary/aromatic N) is 4. The first-order valence-electron chi connectivity index (χ1n) is 5.92. The number of rotatable bonds is 1. The molecule has 4 heteroatoms. The van der Waals surface area contributed by atoms with Crippen LogP contribution >= 0.6 is 0 Å². The number of anilines is 1. The smallest absolute Gasteiger partial charge is 0.169 e. The van der Waals surface area contributed by atoms with Crippen LogP contribution < -0.4 is 4.90 Å². The number of hydrogen-bond acceptors (Lipinski definition) is 4. The number of nitriles is 1. The Morgan fingerprint density at radius 1 is 1.17 bits per heavy atom. The van der Waals surface area contributed by atoms with E-state index in [-0.39, 0.29) is 0 Å². The highest BCUT2D eigenvalue weighted by atomic mass is 15.3. The largest absolute Gasteiger partial charge is 0.349 e. The van der Waals surface area contributed by atoms with E-state index in [0.717, 1.165) is 19.5 Å². The average Bonchev–Trinajstić information content (AvgIpc) is 2.46. The van der Waals surface area contributed by atoms with Gasteiger partial charge in [0.15, 0.2) is 5.82 Å². The molecule has 1 aliphatic heterocycles. The van der Waals surface area contributed by atoms with Gasteiger partial charge in [0.1, 0.15) is 6.07 Å².